The van der Waals surface area contributed by atoms with Crippen LogP contribution in [0.5, 0.6) is 5.75 Å². The molecule has 3 rings (SSSR count). The Hall–Kier alpha value is -3.00. The summed E-state index contributed by atoms with van der Waals surface area (Å²) in [5.74, 6) is 0.0126. The van der Waals surface area contributed by atoms with Crippen LogP contribution in [-0.4, -0.2) is 34.4 Å². The molecule has 0 aliphatic rings. The van der Waals surface area contributed by atoms with Crippen molar-refractivity contribution in [1.29, 1.82) is 0 Å². The van der Waals surface area contributed by atoms with Gasteiger partial charge in [-0.1, -0.05) is 48.5 Å². The molecule has 0 saturated carbocycles. The van der Waals surface area contributed by atoms with Crippen molar-refractivity contribution in [2.24, 2.45) is 5.73 Å². The van der Waals surface area contributed by atoms with E-state index in [1.54, 1.807) is 24.3 Å². The number of hydrogen-bond acceptors (Lipinski definition) is 5. The molecule has 0 spiro atoms. The highest BCUT2D eigenvalue weighted by atomic mass is 31.2. The topological polar surface area (TPSA) is 131 Å². The summed E-state index contributed by atoms with van der Waals surface area (Å²) in [7, 11) is -4.72. The van der Waals surface area contributed by atoms with Gasteiger partial charge in [0.25, 0.3) is 0 Å². The minimum atomic E-state index is -4.72. The molecule has 9 heteroatoms. The molecule has 0 saturated heterocycles. The van der Waals surface area contributed by atoms with Crippen LogP contribution in [0.15, 0.2) is 72.8 Å². The van der Waals surface area contributed by atoms with E-state index in [4.69, 9.17) is 20.3 Å². The van der Waals surface area contributed by atoms with Crippen LogP contribution in [0.25, 0.3) is 11.1 Å². The van der Waals surface area contributed by atoms with Crippen LogP contribution in [0.2, 0.25) is 0 Å². The fourth-order valence-corrected chi connectivity index (χ4v) is 3.66. The summed E-state index contributed by atoms with van der Waals surface area (Å²) in [4.78, 5) is 29.9. The standard InChI is InChI=1S/C25H29N2O6P/c1-18-5-3-4-6-23(18)20-9-7-19(8-10-20)15-16-32-22-13-11-21(12-14-22)27-24(28)25(2,26)17-33-34(29,30)31/h3-14H,15-17,26H2,1-2H3,(H,27,28)(H2,29,30,31)/t25-/m0/s1. The first-order chi connectivity index (χ1) is 16.0. The first kappa shape index (κ1) is 25.6. The molecule has 34 heavy (non-hydrogen) atoms. The van der Waals surface area contributed by atoms with Crippen LogP contribution < -0.4 is 15.8 Å². The number of phosphoric acid groups is 1. The molecule has 8 nitrogen and oxygen atoms in total. The lowest BCUT2D eigenvalue weighted by atomic mass is 9.99. The number of nitrogens with one attached hydrogen (secondary N) is 1. The average molecular weight is 484 g/mol. The van der Waals surface area contributed by atoms with Gasteiger partial charge in [-0.3, -0.25) is 9.32 Å². The lowest BCUT2D eigenvalue weighted by Crippen LogP contribution is -2.52. The van der Waals surface area contributed by atoms with Crippen molar-refractivity contribution in [2.75, 3.05) is 18.5 Å². The third-order valence-electron chi connectivity index (χ3n) is 5.23. The lowest BCUT2D eigenvalue weighted by Gasteiger charge is -2.23. The lowest BCUT2D eigenvalue weighted by molar-refractivity contribution is -0.121. The van der Waals surface area contributed by atoms with E-state index in [-0.39, 0.29) is 0 Å². The Kier molecular flexibility index (Phi) is 8.25. The number of rotatable bonds is 10. The van der Waals surface area contributed by atoms with Gasteiger partial charge in [0.2, 0.25) is 5.91 Å². The molecule has 0 fully saturated rings. The number of anilines is 1. The van der Waals surface area contributed by atoms with Crippen LogP contribution in [0.3, 0.4) is 0 Å². The number of benzene rings is 3. The highest BCUT2D eigenvalue weighted by Gasteiger charge is 2.32. The Morgan fingerprint density at radius 1 is 1.03 bits per heavy atom. The first-order valence-corrected chi connectivity index (χ1v) is 12.2. The zero-order valence-electron chi connectivity index (χ0n) is 19.1. The summed E-state index contributed by atoms with van der Waals surface area (Å²) in [6.45, 7) is 3.29. The fraction of sp³-hybridized carbons (Fsp3) is 0.240. The molecule has 0 heterocycles. The molecule has 0 bridgehead atoms. The van der Waals surface area contributed by atoms with E-state index in [2.05, 4.69) is 53.2 Å². The smallest absolute Gasteiger partial charge is 0.469 e. The number of hydrogen-bond donors (Lipinski definition) is 4. The molecule has 3 aromatic rings. The molecule has 1 atom stereocenters. The summed E-state index contributed by atoms with van der Waals surface area (Å²) in [6.07, 6.45) is 0.748. The van der Waals surface area contributed by atoms with Crippen LogP contribution in [0, 0.1) is 6.92 Å². The van der Waals surface area contributed by atoms with Gasteiger partial charge in [0.05, 0.1) is 13.2 Å². The molecule has 0 aliphatic heterocycles. The molecule has 5 N–H and O–H groups in total. The molecule has 0 aliphatic carbocycles. The zero-order valence-corrected chi connectivity index (χ0v) is 20.0. The maximum absolute atomic E-state index is 12.3. The van der Waals surface area contributed by atoms with E-state index in [9.17, 15) is 9.36 Å². The van der Waals surface area contributed by atoms with Gasteiger partial charge in [-0.15, -0.1) is 0 Å². The van der Waals surface area contributed by atoms with E-state index in [0.717, 1.165) is 6.42 Å². The Balaban J connectivity index is 1.48. The summed E-state index contributed by atoms with van der Waals surface area (Å²) >= 11 is 0. The molecule has 3 aromatic carbocycles. The Bertz CT molecular complexity index is 1160. The Morgan fingerprint density at radius 2 is 1.68 bits per heavy atom. The second-order valence-electron chi connectivity index (χ2n) is 8.27. The molecule has 0 radical (unpaired) electrons. The van der Waals surface area contributed by atoms with E-state index in [1.807, 2.05) is 12.1 Å². The minimum absolute atomic E-state index is 0.469. The third kappa shape index (κ3) is 7.52. The largest absolute Gasteiger partial charge is 0.493 e. The Labute approximate surface area is 199 Å². The fourth-order valence-electron chi connectivity index (χ4n) is 3.23. The first-order valence-electron chi connectivity index (χ1n) is 10.7. The van der Waals surface area contributed by atoms with Crippen LogP contribution in [0.4, 0.5) is 5.69 Å². The van der Waals surface area contributed by atoms with E-state index < -0.39 is 25.9 Å². The highest BCUT2D eigenvalue weighted by Crippen LogP contribution is 2.36. The van der Waals surface area contributed by atoms with Crippen molar-refractivity contribution in [3.8, 4) is 16.9 Å². The van der Waals surface area contributed by atoms with Crippen LogP contribution in [-0.2, 0) is 20.3 Å². The summed E-state index contributed by atoms with van der Waals surface area (Å²) in [5.41, 5.74) is 9.47. The highest BCUT2D eigenvalue weighted by molar-refractivity contribution is 7.46. The van der Waals surface area contributed by atoms with E-state index >= 15 is 0 Å². The van der Waals surface area contributed by atoms with Gasteiger partial charge in [-0.2, -0.15) is 0 Å². The third-order valence-corrected chi connectivity index (χ3v) is 5.70. The second-order valence-corrected chi connectivity index (χ2v) is 9.51. The molecular formula is C25H29N2O6P. The van der Waals surface area contributed by atoms with Gasteiger partial charge in [-0.05, 0) is 60.4 Å². The number of aryl methyl sites for hydroxylation is 1. The van der Waals surface area contributed by atoms with Crippen LogP contribution in [0.1, 0.15) is 18.1 Å². The van der Waals surface area contributed by atoms with Crippen molar-refractivity contribution in [3.05, 3.63) is 83.9 Å². The monoisotopic (exact) mass is 484 g/mol. The number of phosphoric ester groups is 1. The van der Waals surface area contributed by atoms with Gasteiger partial charge < -0.3 is 25.6 Å². The molecular weight excluding hydrogens is 455 g/mol. The molecule has 180 valence electrons. The minimum Gasteiger partial charge on any atom is -0.493 e. The maximum Gasteiger partial charge on any atom is 0.469 e. The normalized spacial score (nSPS) is 13.2. The van der Waals surface area contributed by atoms with Crippen molar-refractivity contribution in [1.82, 2.24) is 0 Å². The quantitative estimate of drug-likeness (QED) is 0.319. The maximum atomic E-state index is 12.3. The summed E-state index contributed by atoms with van der Waals surface area (Å²) in [6, 6.07) is 23.5. The van der Waals surface area contributed by atoms with Crippen molar-refractivity contribution in [3.63, 3.8) is 0 Å². The number of carbonyl (C=O) groups is 1. The predicted molar refractivity (Wildman–Crippen MR) is 131 cm³/mol. The number of amides is 1. The average Bonchev–Trinajstić information content (AvgIpc) is 2.79. The summed E-state index contributed by atoms with van der Waals surface area (Å²) < 4.78 is 21.0. The van der Waals surface area contributed by atoms with Crippen molar-refractivity contribution in [2.45, 2.75) is 25.8 Å². The van der Waals surface area contributed by atoms with Gasteiger partial charge in [0, 0.05) is 12.1 Å². The van der Waals surface area contributed by atoms with Crippen LogP contribution >= 0.6 is 7.82 Å². The second kappa shape index (κ2) is 11.0. The van der Waals surface area contributed by atoms with Crippen molar-refractivity contribution >= 4 is 19.4 Å². The molecule has 0 unspecified atom stereocenters. The van der Waals surface area contributed by atoms with E-state index in [1.165, 1.54) is 29.2 Å². The number of ether oxygens (including phenoxy) is 1. The SMILES string of the molecule is Cc1ccccc1-c1ccc(CCOc2ccc(NC(=O)[C@@](C)(N)COP(=O)(O)O)cc2)cc1. The Morgan fingerprint density at radius 3 is 2.29 bits per heavy atom. The van der Waals surface area contributed by atoms with Gasteiger partial charge >= 0.3 is 7.82 Å². The number of nitrogens with two attached hydrogens (primary N) is 1. The van der Waals surface area contributed by atoms with E-state index in [0.29, 0.717) is 18.0 Å². The number of carbonyl (C=O) groups excluding carboxylic acids is 1. The summed E-state index contributed by atoms with van der Waals surface area (Å²) in [5, 5.41) is 2.60. The van der Waals surface area contributed by atoms with Gasteiger partial charge in [0.1, 0.15) is 11.3 Å². The molecule has 1 amide bonds. The van der Waals surface area contributed by atoms with Crippen molar-refractivity contribution < 1.29 is 28.4 Å². The zero-order chi connectivity index (χ0) is 24.8. The predicted octanol–water partition coefficient (Wildman–Crippen LogP) is 4.05. The van der Waals surface area contributed by atoms with Gasteiger partial charge in [-0.25, -0.2) is 4.57 Å². The van der Waals surface area contributed by atoms with Gasteiger partial charge in [0.15, 0.2) is 0 Å². The molecule has 0 aromatic heterocycles.